The fourth-order valence-corrected chi connectivity index (χ4v) is 5.50. The van der Waals surface area contributed by atoms with Crippen molar-refractivity contribution >= 4 is 32.4 Å². The van der Waals surface area contributed by atoms with Crippen LogP contribution in [-0.2, 0) is 23.0 Å². The summed E-state index contributed by atoms with van der Waals surface area (Å²) in [6.07, 6.45) is 0.521. The number of aromatic nitrogens is 1. The van der Waals surface area contributed by atoms with Crippen LogP contribution < -0.4 is 19.5 Å². The van der Waals surface area contributed by atoms with Crippen molar-refractivity contribution in [1.29, 1.82) is 0 Å². The van der Waals surface area contributed by atoms with Gasteiger partial charge in [0.2, 0.25) is 15.8 Å². The zero-order chi connectivity index (χ0) is 23.3. The number of thiazole rings is 1. The zero-order valence-electron chi connectivity index (χ0n) is 18.8. The van der Waals surface area contributed by atoms with Crippen LogP contribution in [0.4, 0.5) is 5.13 Å². The highest BCUT2D eigenvalue weighted by Gasteiger charge is 2.28. The monoisotopic (exact) mass is 483 g/mol. The number of fused-ring (bicyclic) bond motifs is 1. The van der Waals surface area contributed by atoms with E-state index < -0.39 is 10.0 Å². The Labute approximate surface area is 192 Å². The van der Waals surface area contributed by atoms with Crippen LogP contribution in [-0.4, -0.2) is 55.7 Å². The second-order valence-corrected chi connectivity index (χ2v) is 10.3. The smallest absolute Gasteiger partial charge is 0.257 e. The lowest BCUT2D eigenvalue weighted by atomic mass is 10.1. The Bertz CT molecular complexity index is 1040. The molecule has 2 aromatic rings. The normalized spacial score (nSPS) is 14.0. The Morgan fingerprint density at radius 2 is 1.72 bits per heavy atom. The summed E-state index contributed by atoms with van der Waals surface area (Å²) in [4.78, 5) is 18.3. The van der Waals surface area contributed by atoms with Gasteiger partial charge in [0, 0.05) is 30.0 Å². The minimum atomic E-state index is -3.26. The van der Waals surface area contributed by atoms with E-state index in [1.807, 2.05) is 20.8 Å². The lowest BCUT2D eigenvalue weighted by Crippen LogP contribution is -2.36. The van der Waals surface area contributed by atoms with Gasteiger partial charge in [-0.05, 0) is 39.8 Å². The number of nitrogens with one attached hydrogen (secondary N) is 1. The van der Waals surface area contributed by atoms with E-state index in [-0.39, 0.29) is 18.2 Å². The zero-order valence-corrected chi connectivity index (χ0v) is 20.4. The first-order valence-corrected chi connectivity index (χ1v) is 13.1. The van der Waals surface area contributed by atoms with Gasteiger partial charge in [0.15, 0.2) is 16.6 Å². The molecule has 1 amide bonds. The molecule has 9 nitrogen and oxygen atoms in total. The first kappa shape index (κ1) is 24.3. The van der Waals surface area contributed by atoms with E-state index in [4.69, 9.17) is 14.2 Å². The number of nitrogens with zero attached hydrogens (tertiary/aromatic N) is 2. The molecule has 2 heterocycles. The molecule has 32 heavy (non-hydrogen) atoms. The fraction of sp³-hybridized carbons (Fsp3) is 0.524. The average Bonchev–Trinajstić information content (AvgIpc) is 3.17. The van der Waals surface area contributed by atoms with Crippen LogP contribution in [0.25, 0.3) is 0 Å². The molecule has 0 bridgehead atoms. The van der Waals surface area contributed by atoms with Gasteiger partial charge in [-0.3, -0.25) is 10.1 Å². The van der Waals surface area contributed by atoms with Gasteiger partial charge in [0.25, 0.3) is 5.91 Å². The number of amides is 1. The summed E-state index contributed by atoms with van der Waals surface area (Å²) in [6, 6.07) is 3.24. The van der Waals surface area contributed by atoms with Crippen molar-refractivity contribution < 1.29 is 27.4 Å². The van der Waals surface area contributed by atoms with Crippen LogP contribution in [0.1, 0.15) is 48.6 Å². The molecule has 0 saturated heterocycles. The van der Waals surface area contributed by atoms with Gasteiger partial charge >= 0.3 is 0 Å². The van der Waals surface area contributed by atoms with Crippen molar-refractivity contribution in [1.82, 2.24) is 9.29 Å². The van der Waals surface area contributed by atoms with E-state index in [0.29, 0.717) is 60.7 Å². The number of carbonyl (C=O) groups excluding carboxylic acids is 1. The van der Waals surface area contributed by atoms with Crippen molar-refractivity contribution in [3.63, 3.8) is 0 Å². The van der Waals surface area contributed by atoms with Gasteiger partial charge in [-0.1, -0.05) is 0 Å². The average molecular weight is 484 g/mol. The van der Waals surface area contributed by atoms with Gasteiger partial charge < -0.3 is 14.2 Å². The standard InChI is InChI=1S/C21H29N3O6S2/c1-5-28-16-11-14(12-17(29-6-2)19(16)30-7-3)20(25)23-21-22-15-9-10-24(13-18(15)31-21)32(26,27)8-4/h11-12H,5-10,13H2,1-4H3,(H,22,23,25). The quantitative estimate of drug-likeness (QED) is 0.552. The maximum atomic E-state index is 13.0. The Balaban J connectivity index is 1.83. The molecular formula is C21H29N3O6S2. The van der Waals surface area contributed by atoms with Gasteiger partial charge in [0.05, 0.1) is 31.3 Å². The first-order valence-electron chi connectivity index (χ1n) is 10.7. The van der Waals surface area contributed by atoms with E-state index in [9.17, 15) is 13.2 Å². The summed E-state index contributed by atoms with van der Waals surface area (Å²) in [7, 11) is -3.26. The van der Waals surface area contributed by atoms with E-state index in [1.54, 1.807) is 19.1 Å². The Morgan fingerprint density at radius 1 is 1.09 bits per heavy atom. The van der Waals surface area contributed by atoms with Crippen molar-refractivity contribution in [2.24, 2.45) is 0 Å². The number of anilines is 1. The highest BCUT2D eigenvalue weighted by atomic mass is 32.2. The highest BCUT2D eigenvalue weighted by Crippen LogP contribution is 2.39. The predicted molar refractivity (Wildman–Crippen MR) is 124 cm³/mol. The van der Waals surface area contributed by atoms with Gasteiger partial charge in [-0.2, -0.15) is 4.31 Å². The number of carbonyl (C=O) groups is 1. The Hall–Kier alpha value is -2.37. The van der Waals surface area contributed by atoms with Crippen molar-refractivity contribution in [3.8, 4) is 17.2 Å². The van der Waals surface area contributed by atoms with Gasteiger partial charge in [-0.15, -0.1) is 11.3 Å². The van der Waals surface area contributed by atoms with Crippen molar-refractivity contribution in [2.45, 2.75) is 40.7 Å². The molecule has 176 valence electrons. The number of hydrogen-bond acceptors (Lipinski definition) is 8. The molecule has 1 aromatic carbocycles. The number of hydrogen-bond donors (Lipinski definition) is 1. The van der Waals surface area contributed by atoms with Crippen LogP contribution >= 0.6 is 11.3 Å². The Kier molecular flexibility index (Phi) is 7.96. The minimum Gasteiger partial charge on any atom is -0.490 e. The van der Waals surface area contributed by atoms with E-state index in [1.165, 1.54) is 15.6 Å². The van der Waals surface area contributed by atoms with Crippen LogP contribution in [0.5, 0.6) is 17.2 Å². The molecule has 1 aromatic heterocycles. The third kappa shape index (κ3) is 5.33. The first-order chi connectivity index (χ1) is 15.3. The molecular weight excluding hydrogens is 454 g/mol. The molecule has 0 spiro atoms. The SMILES string of the molecule is CCOc1cc(C(=O)Nc2nc3c(s2)CN(S(=O)(=O)CC)CC3)cc(OCC)c1OCC. The fourth-order valence-electron chi connectivity index (χ4n) is 3.33. The third-order valence-electron chi connectivity index (χ3n) is 4.85. The molecule has 1 aliphatic rings. The molecule has 3 rings (SSSR count). The lowest BCUT2D eigenvalue weighted by Gasteiger charge is -2.24. The highest BCUT2D eigenvalue weighted by molar-refractivity contribution is 7.89. The van der Waals surface area contributed by atoms with Crippen molar-refractivity contribution in [2.75, 3.05) is 37.4 Å². The molecule has 0 saturated carbocycles. The minimum absolute atomic E-state index is 0.0623. The maximum absolute atomic E-state index is 13.0. The molecule has 1 N–H and O–H groups in total. The van der Waals surface area contributed by atoms with Crippen LogP contribution in [0.15, 0.2) is 12.1 Å². The second-order valence-electron chi connectivity index (χ2n) is 6.93. The summed E-state index contributed by atoms with van der Waals surface area (Å²) in [5, 5.41) is 3.25. The maximum Gasteiger partial charge on any atom is 0.257 e. The molecule has 1 aliphatic heterocycles. The summed E-state index contributed by atoms with van der Waals surface area (Å²) in [5.74, 6) is 1.04. The molecule has 0 atom stereocenters. The molecule has 0 fully saturated rings. The molecule has 0 aliphatic carbocycles. The number of sulfonamides is 1. The van der Waals surface area contributed by atoms with Gasteiger partial charge in [0.1, 0.15) is 0 Å². The summed E-state index contributed by atoms with van der Waals surface area (Å²) in [5.41, 5.74) is 1.17. The summed E-state index contributed by atoms with van der Waals surface area (Å²) in [6.45, 7) is 9.13. The van der Waals surface area contributed by atoms with E-state index >= 15 is 0 Å². The summed E-state index contributed by atoms with van der Waals surface area (Å²) >= 11 is 1.29. The number of rotatable bonds is 10. The van der Waals surface area contributed by atoms with Crippen LogP contribution in [0.2, 0.25) is 0 Å². The number of benzene rings is 1. The summed E-state index contributed by atoms with van der Waals surface area (Å²) < 4.78 is 42.9. The lowest BCUT2D eigenvalue weighted by molar-refractivity contribution is 0.102. The molecule has 0 radical (unpaired) electrons. The Morgan fingerprint density at radius 3 is 2.28 bits per heavy atom. The largest absolute Gasteiger partial charge is 0.490 e. The van der Waals surface area contributed by atoms with E-state index in [0.717, 1.165) is 10.6 Å². The third-order valence-corrected chi connectivity index (χ3v) is 7.67. The van der Waals surface area contributed by atoms with Gasteiger partial charge in [-0.25, -0.2) is 13.4 Å². The van der Waals surface area contributed by atoms with Crippen LogP contribution in [0, 0.1) is 0 Å². The molecule has 0 unspecified atom stereocenters. The number of ether oxygens (including phenoxy) is 3. The predicted octanol–water partition coefficient (Wildman–Crippen LogP) is 3.30. The van der Waals surface area contributed by atoms with Crippen molar-refractivity contribution in [3.05, 3.63) is 28.3 Å². The topological polar surface area (TPSA) is 107 Å². The van der Waals surface area contributed by atoms with E-state index in [2.05, 4.69) is 10.3 Å². The second kappa shape index (κ2) is 10.5. The van der Waals surface area contributed by atoms with Crippen LogP contribution in [0.3, 0.4) is 0 Å². The molecule has 11 heteroatoms.